The van der Waals surface area contributed by atoms with Crippen LogP contribution in [0.4, 0.5) is 13.2 Å². The Morgan fingerprint density at radius 1 is 1.28 bits per heavy atom. The Morgan fingerprint density at radius 2 is 2.08 bits per heavy atom. The van der Waals surface area contributed by atoms with Gasteiger partial charge >= 0.3 is 6.18 Å². The van der Waals surface area contributed by atoms with Crippen LogP contribution in [0.1, 0.15) is 17.5 Å². The van der Waals surface area contributed by atoms with Crippen LogP contribution in [-0.4, -0.2) is 26.8 Å². The number of halogens is 3. The second-order valence-corrected chi connectivity index (χ2v) is 5.80. The summed E-state index contributed by atoms with van der Waals surface area (Å²) in [6.07, 6.45) is 1.08. The number of para-hydroxylation sites is 1. The zero-order valence-corrected chi connectivity index (χ0v) is 13.3. The van der Waals surface area contributed by atoms with Crippen molar-refractivity contribution in [2.24, 2.45) is 0 Å². The molecule has 0 bridgehead atoms. The fraction of sp³-hybridized carbons (Fsp3) is 0.294. The minimum absolute atomic E-state index is 0.157. The van der Waals surface area contributed by atoms with Crippen LogP contribution < -0.4 is 5.32 Å². The number of fused-ring (bicyclic) bond motifs is 1. The van der Waals surface area contributed by atoms with Crippen molar-refractivity contribution in [2.75, 3.05) is 0 Å². The van der Waals surface area contributed by atoms with E-state index in [0.29, 0.717) is 18.4 Å². The van der Waals surface area contributed by atoms with Crippen molar-refractivity contribution in [1.82, 2.24) is 20.1 Å². The number of aromatic nitrogens is 3. The summed E-state index contributed by atoms with van der Waals surface area (Å²) in [7, 11) is 0. The summed E-state index contributed by atoms with van der Waals surface area (Å²) in [4.78, 5) is 15.1. The Balaban J connectivity index is 1.48. The molecule has 0 atom stereocenters. The van der Waals surface area contributed by atoms with E-state index < -0.39 is 12.7 Å². The van der Waals surface area contributed by atoms with E-state index in [4.69, 9.17) is 0 Å². The predicted octanol–water partition coefficient (Wildman–Crippen LogP) is 3.18. The Hall–Kier alpha value is -2.77. The normalized spacial score (nSPS) is 11.8. The molecule has 25 heavy (non-hydrogen) atoms. The molecule has 3 rings (SSSR count). The monoisotopic (exact) mass is 350 g/mol. The number of aryl methyl sites for hydroxylation is 1. The number of nitrogens with one attached hydrogen (secondary N) is 2. The number of hydrogen-bond donors (Lipinski definition) is 2. The van der Waals surface area contributed by atoms with Gasteiger partial charge in [0.25, 0.3) is 0 Å². The maximum Gasteiger partial charge on any atom is 0.408 e. The van der Waals surface area contributed by atoms with E-state index >= 15 is 0 Å². The third kappa shape index (κ3) is 4.62. The SMILES string of the molecule is O=C(CCc1c[nH]c2ccccc12)NCc1cnn(CC(F)(F)F)c1. The number of hydrogen-bond acceptors (Lipinski definition) is 2. The quantitative estimate of drug-likeness (QED) is 0.717. The minimum Gasteiger partial charge on any atom is -0.361 e. The topological polar surface area (TPSA) is 62.7 Å². The fourth-order valence-electron chi connectivity index (χ4n) is 2.64. The van der Waals surface area contributed by atoms with Gasteiger partial charge in [-0.3, -0.25) is 9.48 Å². The van der Waals surface area contributed by atoms with E-state index in [0.717, 1.165) is 21.1 Å². The van der Waals surface area contributed by atoms with Crippen molar-refractivity contribution in [2.45, 2.75) is 32.1 Å². The number of rotatable bonds is 6. The molecule has 0 spiro atoms. The highest BCUT2D eigenvalue weighted by atomic mass is 19.4. The molecular weight excluding hydrogens is 333 g/mol. The van der Waals surface area contributed by atoms with E-state index in [1.165, 1.54) is 12.4 Å². The molecule has 132 valence electrons. The highest BCUT2D eigenvalue weighted by molar-refractivity contribution is 5.84. The van der Waals surface area contributed by atoms with E-state index in [2.05, 4.69) is 15.4 Å². The molecule has 2 aromatic heterocycles. The third-order valence-corrected chi connectivity index (χ3v) is 3.81. The number of amides is 1. The zero-order valence-electron chi connectivity index (χ0n) is 13.3. The van der Waals surface area contributed by atoms with Crippen molar-refractivity contribution in [3.63, 3.8) is 0 Å². The number of nitrogens with zero attached hydrogens (tertiary/aromatic N) is 2. The lowest BCUT2D eigenvalue weighted by molar-refractivity contribution is -0.142. The lowest BCUT2D eigenvalue weighted by Crippen LogP contribution is -2.23. The van der Waals surface area contributed by atoms with Crippen molar-refractivity contribution >= 4 is 16.8 Å². The first-order chi connectivity index (χ1) is 11.9. The predicted molar refractivity (Wildman–Crippen MR) is 86.7 cm³/mol. The molecule has 8 heteroatoms. The van der Waals surface area contributed by atoms with Crippen LogP contribution in [0.3, 0.4) is 0 Å². The molecule has 1 amide bonds. The lowest BCUT2D eigenvalue weighted by Gasteiger charge is -2.05. The third-order valence-electron chi connectivity index (χ3n) is 3.81. The number of aromatic amines is 1. The Kier molecular flexibility index (Phi) is 4.78. The Labute approximate surface area is 141 Å². The average Bonchev–Trinajstić information content (AvgIpc) is 3.16. The summed E-state index contributed by atoms with van der Waals surface area (Å²) in [5, 5.41) is 7.43. The van der Waals surface area contributed by atoms with Gasteiger partial charge in [-0.1, -0.05) is 18.2 Å². The summed E-state index contributed by atoms with van der Waals surface area (Å²) < 4.78 is 37.6. The van der Waals surface area contributed by atoms with Gasteiger partial charge in [-0.15, -0.1) is 0 Å². The fourth-order valence-corrected chi connectivity index (χ4v) is 2.64. The van der Waals surface area contributed by atoms with Crippen LogP contribution in [0.15, 0.2) is 42.9 Å². The van der Waals surface area contributed by atoms with Gasteiger partial charge in [0.05, 0.1) is 6.20 Å². The highest BCUT2D eigenvalue weighted by Crippen LogP contribution is 2.19. The van der Waals surface area contributed by atoms with Crippen molar-refractivity contribution in [1.29, 1.82) is 0 Å². The van der Waals surface area contributed by atoms with E-state index in [-0.39, 0.29) is 12.5 Å². The van der Waals surface area contributed by atoms with Crippen molar-refractivity contribution < 1.29 is 18.0 Å². The maximum absolute atomic E-state index is 12.3. The lowest BCUT2D eigenvalue weighted by atomic mass is 10.1. The Bertz CT molecular complexity index is 866. The van der Waals surface area contributed by atoms with Gasteiger partial charge in [-0.05, 0) is 18.1 Å². The van der Waals surface area contributed by atoms with Gasteiger partial charge in [0.1, 0.15) is 6.54 Å². The van der Waals surface area contributed by atoms with Crippen LogP contribution >= 0.6 is 0 Å². The average molecular weight is 350 g/mol. The molecule has 0 aliphatic heterocycles. The summed E-state index contributed by atoms with van der Waals surface area (Å²) in [6.45, 7) is -0.980. The van der Waals surface area contributed by atoms with Gasteiger partial charge in [0, 0.05) is 41.8 Å². The largest absolute Gasteiger partial charge is 0.408 e. The molecule has 0 saturated heterocycles. The van der Waals surface area contributed by atoms with Gasteiger partial charge in [-0.25, -0.2) is 0 Å². The van der Waals surface area contributed by atoms with Gasteiger partial charge in [0.15, 0.2) is 0 Å². The minimum atomic E-state index is -4.31. The summed E-state index contributed by atoms with van der Waals surface area (Å²) in [6, 6.07) is 7.85. The number of benzene rings is 1. The molecule has 5 nitrogen and oxygen atoms in total. The number of carbonyl (C=O) groups is 1. The molecule has 3 aromatic rings. The summed E-state index contributed by atoms with van der Waals surface area (Å²) >= 11 is 0. The van der Waals surface area contributed by atoms with Gasteiger partial charge < -0.3 is 10.3 Å². The van der Waals surface area contributed by atoms with E-state index in [1.54, 1.807) is 0 Å². The second-order valence-electron chi connectivity index (χ2n) is 5.80. The summed E-state index contributed by atoms with van der Waals surface area (Å²) in [5.74, 6) is -0.158. The van der Waals surface area contributed by atoms with E-state index in [1.807, 2.05) is 30.5 Å². The highest BCUT2D eigenvalue weighted by Gasteiger charge is 2.28. The standard InChI is InChI=1S/C17H17F3N4O/c18-17(19,20)11-24-10-12(8-23-24)7-22-16(25)6-5-13-9-21-15-4-2-1-3-14(13)15/h1-4,8-10,21H,5-7,11H2,(H,22,25). The first-order valence-corrected chi connectivity index (χ1v) is 7.80. The molecule has 2 N–H and O–H groups in total. The Morgan fingerprint density at radius 3 is 2.88 bits per heavy atom. The zero-order chi connectivity index (χ0) is 17.9. The smallest absolute Gasteiger partial charge is 0.361 e. The molecule has 2 heterocycles. The molecule has 0 saturated carbocycles. The molecule has 0 fully saturated rings. The van der Waals surface area contributed by atoms with E-state index in [9.17, 15) is 18.0 Å². The van der Waals surface area contributed by atoms with Gasteiger partial charge in [0.2, 0.25) is 5.91 Å². The number of H-pyrrole nitrogens is 1. The van der Waals surface area contributed by atoms with Crippen LogP contribution in [-0.2, 0) is 24.3 Å². The van der Waals surface area contributed by atoms with Crippen molar-refractivity contribution in [3.05, 3.63) is 54.0 Å². The van der Waals surface area contributed by atoms with Crippen LogP contribution in [0.2, 0.25) is 0 Å². The number of carbonyl (C=O) groups excluding carboxylic acids is 1. The first kappa shape index (κ1) is 17.1. The number of alkyl halides is 3. The van der Waals surface area contributed by atoms with Crippen LogP contribution in [0, 0.1) is 0 Å². The van der Waals surface area contributed by atoms with Gasteiger partial charge in [-0.2, -0.15) is 18.3 Å². The van der Waals surface area contributed by atoms with Crippen molar-refractivity contribution in [3.8, 4) is 0 Å². The molecule has 0 aliphatic rings. The molecule has 0 aliphatic carbocycles. The molecular formula is C17H17F3N4O. The maximum atomic E-state index is 12.3. The molecule has 0 unspecified atom stereocenters. The van der Waals surface area contributed by atoms with Crippen LogP contribution in [0.5, 0.6) is 0 Å². The molecule has 0 radical (unpaired) electrons. The summed E-state index contributed by atoms with van der Waals surface area (Å²) in [5.41, 5.74) is 2.61. The second kappa shape index (κ2) is 7.00. The first-order valence-electron chi connectivity index (χ1n) is 7.80. The van der Waals surface area contributed by atoms with Crippen LogP contribution in [0.25, 0.3) is 10.9 Å². The molecule has 1 aromatic carbocycles.